The summed E-state index contributed by atoms with van der Waals surface area (Å²) in [7, 11) is 1.32. The van der Waals surface area contributed by atoms with Crippen molar-refractivity contribution >= 4 is 11.9 Å². The fraction of sp³-hybridized carbons (Fsp3) is 0.667. The maximum absolute atomic E-state index is 11.6. The van der Waals surface area contributed by atoms with Crippen molar-refractivity contribution in [1.82, 2.24) is 0 Å². The van der Waals surface area contributed by atoms with Gasteiger partial charge in [0.05, 0.1) is 18.9 Å². The summed E-state index contributed by atoms with van der Waals surface area (Å²) in [5.74, 6) is -2.04. The van der Waals surface area contributed by atoms with Crippen LogP contribution in [0.15, 0.2) is 12.2 Å². The number of fused-ring (bicyclic) bond motifs is 3. The molecule has 0 amide bonds. The molecule has 16 heavy (non-hydrogen) atoms. The van der Waals surface area contributed by atoms with Gasteiger partial charge in [-0.25, -0.2) is 0 Å². The minimum Gasteiger partial charge on any atom is -0.481 e. The summed E-state index contributed by atoms with van der Waals surface area (Å²) in [5, 5.41) is 9.26. The molecule has 0 aromatic rings. The van der Waals surface area contributed by atoms with Crippen LogP contribution in [0.25, 0.3) is 0 Å². The van der Waals surface area contributed by atoms with E-state index in [4.69, 9.17) is 4.74 Å². The lowest BCUT2D eigenvalue weighted by Crippen LogP contribution is -2.34. The molecule has 0 heterocycles. The highest BCUT2D eigenvalue weighted by atomic mass is 16.5. The summed E-state index contributed by atoms with van der Waals surface area (Å²) in [6.07, 6.45) is 6.49. The van der Waals surface area contributed by atoms with E-state index in [1.165, 1.54) is 7.11 Å². The zero-order valence-electron chi connectivity index (χ0n) is 9.26. The van der Waals surface area contributed by atoms with E-state index in [1.807, 2.05) is 6.08 Å². The quantitative estimate of drug-likeness (QED) is 0.569. The number of hydrogen-bond donors (Lipinski definition) is 1. The predicted molar refractivity (Wildman–Crippen MR) is 56.6 cm³/mol. The summed E-state index contributed by atoms with van der Waals surface area (Å²) in [6.45, 7) is 0. The van der Waals surface area contributed by atoms with Crippen molar-refractivity contribution in [3.05, 3.63) is 12.2 Å². The third-order valence-corrected chi connectivity index (χ3v) is 3.74. The van der Waals surface area contributed by atoms with Crippen LogP contribution in [0.4, 0.5) is 0 Å². The van der Waals surface area contributed by atoms with Crippen molar-refractivity contribution in [1.29, 1.82) is 0 Å². The van der Waals surface area contributed by atoms with Crippen LogP contribution < -0.4 is 0 Å². The fourth-order valence-corrected chi connectivity index (χ4v) is 2.92. The molecule has 0 spiro atoms. The van der Waals surface area contributed by atoms with Crippen molar-refractivity contribution in [3.63, 3.8) is 0 Å². The first-order valence-corrected chi connectivity index (χ1v) is 5.62. The Bertz CT molecular complexity index is 334. The number of rotatable bonds is 2. The summed E-state index contributed by atoms with van der Waals surface area (Å²) in [5.41, 5.74) is 0. The average molecular weight is 224 g/mol. The maximum atomic E-state index is 11.6. The minimum atomic E-state index is -0.882. The van der Waals surface area contributed by atoms with Crippen molar-refractivity contribution < 1.29 is 19.4 Å². The normalized spacial score (nSPS) is 36.8. The van der Waals surface area contributed by atoms with E-state index < -0.39 is 17.8 Å². The largest absolute Gasteiger partial charge is 0.481 e. The summed E-state index contributed by atoms with van der Waals surface area (Å²) >= 11 is 0. The van der Waals surface area contributed by atoms with Crippen molar-refractivity contribution in [2.45, 2.75) is 19.3 Å². The van der Waals surface area contributed by atoms with Crippen LogP contribution in [-0.4, -0.2) is 24.2 Å². The lowest BCUT2D eigenvalue weighted by Gasteiger charge is -2.23. The van der Waals surface area contributed by atoms with E-state index in [0.717, 1.165) is 12.8 Å². The predicted octanol–water partition coefficient (Wildman–Crippen LogP) is 1.46. The number of carboxylic acid groups (broad SMARTS) is 1. The highest BCUT2D eigenvalue weighted by molar-refractivity contribution is 5.81. The topological polar surface area (TPSA) is 63.6 Å². The van der Waals surface area contributed by atoms with Crippen molar-refractivity contribution in [3.8, 4) is 0 Å². The van der Waals surface area contributed by atoms with Crippen LogP contribution in [0.1, 0.15) is 19.3 Å². The summed E-state index contributed by atoms with van der Waals surface area (Å²) in [4.78, 5) is 22.9. The second-order valence-electron chi connectivity index (χ2n) is 4.62. The standard InChI is InChI=1S/C12H16O4/c1-16-12(15)9-6-7-2-4-8(5-3-7)10(9)11(13)14/h2,4,7-10H,3,5-6H2,1H3,(H,13,14)/t7-,8-,9+,10?/m1/s1. The number of methoxy groups -OCH3 is 1. The Labute approximate surface area is 94.3 Å². The lowest BCUT2D eigenvalue weighted by atomic mass is 9.81. The number of carbonyl (C=O) groups excluding carboxylic acids is 1. The van der Waals surface area contributed by atoms with E-state index in [1.54, 1.807) is 0 Å². The first kappa shape index (κ1) is 11.2. The van der Waals surface area contributed by atoms with E-state index in [2.05, 4.69) is 6.08 Å². The lowest BCUT2D eigenvalue weighted by molar-refractivity contribution is -0.157. The maximum Gasteiger partial charge on any atom is 0.309 e. The zero-order chi connectivity index (χ0) is 11.7. The molecule has 1 saturated carbocycles. The Hall–Kier alpha value is -1.32. The third kappa shape index (κ3) is 1.84. The van der Waals surface area contributed by atoms with Gasteiger partial charge in [0, 0.05) is 0 Å². The van der Waals surface area contributed by atoms with Crippen molar-refractivity contribution in [2.24, 2.45) is 23.7 Å². The molecular weight excluding hydrogens is 208 g/mol. The fourth-order valence-electron chi connectivity index (χ4n) is 2.92. The molecular formula is C12H16O4. The van der Waals surface area contributed by atoms with Crippen LogP contribution in [0.5, 0.6) is 0 Å². The van der Waals surface area contributed by atoms with Gasteiger partial charge in [-0.15, -0.1) is 0 Å². The van der Waals surface area contributed by atoms with E-state index in [9.17, 15) is 14.7 Å². The second kappa shape index (κ2) is 4.28. The zero-order valence-corrected chi connectivity index (χ0v) is 9.26. The third-order valence-electron chi connectivity index (χ3n) is 3.74. The van der Waals surface area contributed by atoms with E-state index >= 15 is 0 Å². The van der Waals surface area contributed by atoms with Crippen LogP contribution in [0.3, 0.4) is 0 Å². The van der Waals surface area contributed by atoms with E-state index in [0.29, 0.717) is 12.3 Å². The molecule has 1 N–H and O–H groups in total. The molecule has 1 fully saturated rings. The number of carbonyl (C=O) groups is 2. The molecule has 2 bridgehead atoms. The van der Waals surface area contributed by atoms with E-state index in [-0.39, 0.29) is 11.9 Å². The number of hydrogen-bond acceptors (Lipinski definition) is 3. The van der Waals surface area contributed by atoms with Crippen LogP contribution in [0, 0.1) is 23.7 Å². The van der Waals surface area contributed by atoms with Crippen molar-refractivity contribution in [2.75, 3.05) is 7.11 Å². The SMILES string of the molecule is COC(=O)[C@H]1C[C@@H]2C=C[C@H](CC2)C1C(=O)O. The van der Waals surface area contributed by atoms with Crippen LogP contribution >= 0.6 is 0 Å². The molecule has 3 rings (SSSR count). The Balaban J connectivity index is 2.29. The summed E-state index contributed by atoms with van der Waals surface area (Å²) in [6, 6.07) is 0. The monoisotopic (exact) mass is 224 g/mol. The molecule has 0 saturated heterocycles. The molecule has 4 nitrogen and oxygen atoms in total. The van der Waals surface area contributed by atoms with Gasteiger partial charge < -0.3 is 9.84 Å². The van der Waals surface area contributed by atoms with Gasteiger partial charge >= 0.3 is 11.9 Å². The number of carboxylic acids is 1. The van der Waals surface area contributed by atoms with Gasteiger partial charge in [-0.05, 0) is 31.1 Å². The molecule has 3 aliphatic carbocycles. The Morgan fingerprint density at radius 1 is 1.31 bits per heavy atom. The molecule has 0 aromatic heterocycles. The number of aliphatic carboxylic acids is 1. The van der Waals surface area contributed by atoms with Gasteiger partial charge in [0.1, 0.15) is 0 Å². The first-order chi connectivity index (χ1) is 7.63. The highest BCUT2D eigenvalue weighted by Crippen LogP contribution is 2.42. The number of esters is 1. The molecule has 1 unspecified atom stereocenters. The van der Waals surface area contributed by atoms with Gasteiger partial charge in [0.2, 0.25) is 0 Å². The van der Waals surface area contributed by atoms with Gasteiger partial charge in [0.15, 0.2) is 0 Å². The molecule has 4 atom stereocenters. The number of allylic oxidation sites excluding steroid dienone is 2. The first-order valence-electron chi connectivity index (χ1n) is 5.62. The molecule has 88 valence electrons. The summed E-state index contributed by atoms with van der Waals surface area (Å²) < 4.78 is 4.72. The smallest absolute Gasteiger partial charge is 0.309 e. The van der Waals surface area contributed by atoms with Crippen LogP contribution in [0.2, 0.25) is 0 Å². The molecule has 4 heteroatoms. The van der Waals surface area contributed by atoms with Gasteiger partial charge in [-0.1, -0.05) is 12.2 Å². The van der Waals surface area contributed by atoms with Gasteiger partial charge in [0.25, 0.3) is 0 Å². The Kier molecular flexibility index (Phi) is 2.99. The second-order valence-corrected chi connectivity index (χ2v) is 4.62. The highest BCUT2D eigenvalue weighted by Gasteiger charge is 2.44. The van der Waals surface area contributed by atoms with Gasteiger partial charge in [-0.3, -0.25) is 9.59 Å². The Morgan fingerprint density at radius 3 is 2.56 bits per heavy atom. The minimum absolute atomic E-state index is 0.0136. The van der Waals surface area contributed by atoms with Gasteiger partial charge in [-0.2, -0.15) is 0 Å². The average Bonchev–Trinajstić information content (AvgIpc) is 2.57. The van der Waals surface area contributed by atoms with Crippen LogP contribution in [-0.2, 0) is 14.3 Å². The molecule has 0 radical (unpaired) electrons. The molecule has 0 aromatic carbocycles. The Morgan fingerprint density at radius 2 is 2.06 bits per heavy atom. The molecule has 3 aliphatic rings. The number of ether oxygens (including phenoxy) is 1. The molecule has 0 aliphatic heterocycles.